The van der Waals surface area contributed by atoms with Gasteiger partial charge in [0, 0.05) is 24.9 Å². The van der Waals surface area contributed by atoms with Crippen LogP contribution in [0.1, 0.15) is 52.4 Å². The zero-order chi connectivity index (χ0) is 15.1. The Morgan fingerprint density at radius 1 is 1.40 bits per heavy atom. The van der Waals surface area contributed by atoms with Gasteiger partial charge in [0.05, 0.1) is 0 Å². The minimum Gasteiger partial charge on any atom is -0.481 e. The van der Waals surface area contributed by atoms with Gasteiger partial charge in [0.25, 0.3) is 0 Å². The third kappa shape index (κ3) is 5.12. The van der Waals surface area contributed by atoms with Crippen molar-refractivity contribution >= 4 is 11.9 Å². The highest BCUT2D eigenvalue weighted by Gasteiger charge is 2.38. The van der Waals surface area contributed by atoms with Crippen LogP contribution in [0.25, 0.3) is 0 Å². The van der Waals surface area contributed by atoms with Crippen molar-refractivity contribution < 1.29 is 14.7 Å². The monoisotopic (exact) mass is 284 g/mol. The number of hydrogen-bond acceptors (Lipinski definition) is 3. The maximum Gasteiger partial charge on any atom is 0.303 e. The maximum absolute atomic E-state index is 12.4. The van der Waals surface area contributed by atoms with Crippen LogP contribution < -0.4 is 5.73 Å². The molecule has 1 rings (SSSR count). The van der Waals surface area contributed by atoms with E-state index in [1.165, 1.54) is 0 Å². The van der Waals surface area contributed by atoms with Gasteiger partial charge in [0.2, 0.25) is 5.91 Å². The van der Waals surface area contributed by atoms with Crippen LogP contribution in [-0.4, -0.2) is 41.0 Å². The number of carboxylic acids is 1. The summed E-state index contributed by atoms with van der Waals surface area (Å²) in [7, 11) is 0. The number of carbonyl (C=O) groups excluding carboxylic acids is 1. The van der Waals surface area contributed by atoms with E-state index < -0.39 is 5.97 Å². The summed E-state index contributed by atoms with van der Waals surface area (Å²) in [5, 5.41) is 8.83. The zero-order valence-corrected chi connectivity index (χ0v) is 12.7. The normalized spacial score (nSPS) is 22.8. The second kappa shape index (κ2) is 8.25. The number of nitrogens with two attached hydrogens (primary N) is 1. The molecule has 0 aliphatic carbocycles. The summed E-state index contributed by atoms with van der Waals surface area (Å²) in [5.74, 6) is -0.0900. The Morgan fingerprint density at radius 3 is 2.65 bits per heavy atom. The van der Waals surface area contributed by atoms with Crippen LogP contribution >= 0.6 is 0 Å². The zero-order valence-electron chi connectivity index (χ0n) is 12.7. The van der Waals surface area contributed by atoms with E-state index in [0.29, 0.717) is 18.9 Å². The Hall–Kier alpha value is -1.10. The summed E-state index contributed by atoms with van der Waals surface area (Å²) in [6.07, 6.45) is 4.34. The van der Waals surface area contributed by atoms with E-state index in [1.807, 2.05) is 4.90 Å². The molecule has 0 saturated carbocycles. The highest BCUT2D eigenvalue weighted by Crippen LogP contribution is 2.31. The van der Waals surface area contributed by atoms with E-state index in [9.17, 15) is 9.59 Å². The molecule has 5 nitrogen and oxygen atoms in total. The summed E-state index contributed by atoms with van der Waals surface area (Å²) < 4.78 is 0. The molecule has 20 heavy (non-hydrogen) atoms. The molecule has 0 aromatic rings. The van der Waals surface area contributed by atoms with Gasteiger partial charge < -0.3 is 15.7 Å². The minimum absolute atomic E-state index is 0.0686. The minimum atomic E-state index is -0.784. The van der Waals surface area contributed by atoms with Crippen molar-refractivity contribution in [1.82, 2.24) is 4.90 Å². The highest BCUT2D eigenvalue weighted by molar-refractivity contribution is 5.81. The first-order valence-corrected chi connectivity index (χ1v) is 7.68. The van der Waals surface area contributed by atoms with Gasteiger partial charge in [-0.05, 0) is 38.1 Å². The predicted octanol–water partition coefficient (Wildman–Crippen LogP) is 1.85. The summed E-state index contributed by atoms with van der Waals surface area (Å²) in [4.78, 5) is 25.1. The van der Waals surface area contributed by atoms with Crippen LogP contribution in [0.2, 0.25) is 0 Å². The van der Waals surface area contributed by atoms with E-state index in [0.717, 1.165) is 32.2 Å². The molecule has 0 aromatic heterocycles. The number of likely N-dealkylation sites (tertiary alicyclic amines) is 1. The predicted molar refractivity (Wildman–Crippen MR) is 78.2 cm³/mol. The van der Waals surface area contributed by atoms with Gasteiger partial charge in [-0.25, -0.2) is 0 Å². The average molecular weight is 284 g/mol. The Bertz CT molecular complexity index is 331. The number of rotatable bonds is 9. The van der Waals surface area contributed by atoms with Crippen molar-refractivity contribution in [3.63, 3.8) is 0 Å². The molecule has 1 saturated heterocycles. The molecule has 1 heterocycles. The van der Waals surface area contributed by atoms with Crippen molar-refractivity contribution in [2.24, 2.45) is 17.6 Å². The number of nitrogens with zero attached hydrogens (tertiary/aromatic N) is 1. The summed E-state index contributed by atoms with van der Waals surface area (Å²) in [6.45, 7) is 5.57. The molecule has 0 aromatic carbocycles. The number of unbranched alkanes of at least 4 members (excludes halogenated alkanes) is 1. The largest absolute Gasteiger partial charge is 0.481 e. The van der Waals surface area contributed by atoms with E-state index in [2.05, 4.69) is 13.8 Å². The van der Waals surface area contributed by atoms with Gasteiger partial charge in [-0.15, -0.1) is 0 Å². The molecule has 116 valence electrons. The van der Waals surface area contributed by atoms with Gasteiger partial charge in [-0.1, -0.05) is 20.3 Å². The molecule has 1 aliphatic rings. The van der Waals surface area contributed by atoms with Gasteiger partial charge in [0.15, 0.2) is 0 Å². The van der Waals surface area contributed by atoms with Crippen molar-refractivity contribution in [3.05, 3.63) is 0 Å². The Morgan fingerprint density at radius 2 is 2.10 bits per heavy atom. The molecule has 1 amide bonds. The first-order chi connectivity index (χ1) is 9.45. The van der Waals surface area contributed by atoms with Crippen LogP contribution in [0.4, 0.5) is 0 Å². The van der Waals surface area contributed by atoms with Gasteiger partial charge in [0.1, 0.15) is 0 Å². The van der Waals surface area contributed by atoms with E-state index in [-0.39, 0.29) is 24.3 Å². The van der Waals surface area contributed by atoms with Crippen LogP contribution in [0.3, 0.4) is 0 Å². The summed E-state index contributed by atoms with van der Waals surface area (Å²) >= 11 is 0. The van der Waals surface area contributed by atoms with Crippen molar-refractivity contribution in [3.8, 4) is 0 Å². The average Bonchev–Trinajstić information content (AvgIpc) is 2.65. The topological polar surface area (TPSA) is 83.6 Å². The first kappa shape index (κ1) is 17.0. The molecule has 0 bridgehead atoms. The van der Waals surface area contributed by atoms with Crippen LogP contribution in [-0.2, 0) is 9.59 Å². The van der Waals surface area contributed by atoms with Crippen molar-refractivity contribution in [2.75, 3.05) is 13.1 Å². The second-order valence-electron chi connectivity index (χ2n) is 6.19. The molecule has 2 atom stereocenters. The molecule has 1 aliphatic heterocycles. The van der Waals surface area contributed by atoms with Gasteiger partial charge >= 0.3 is 5.97 Å². The highest BCUT2D eigenvalue weighted by atomic mass is 16.4. The van der Waals surface area contributed by atoms with E-state index >= 15 is 0 Å². The van der Waals surface area contributed by atoms with Crippen molar-refractivity contribution in [1.29, 1.82) is 0 Å². The lowest BCUT2D eigenvalue weighted by Gasteiger charge is -2.26. The molecular formula is C15H28N2O3. The standard InChI is InChI=1S/C15H28N2O3/c1-11(2)10-17-13(6-7-14(18)19)9-12(15(17)20)5-3-4-8-16/h11-13H,3-10,16H2,1-2H3,(H,18,19)/t12-,13-/m1/s1. The summed E-state index contributed by atoms with van der Waals surface area (Å²) in [6, 6.07) is 0.101. The molecule has 1 fully saturated rings. The third-order valence-corrected chi connectivity index (χ3v) is 3.89. The molecule has 3 N–H and O–H groups in total. The fourth-order valence-corrected chi connectivity index (χ4v) is 2.94. The molecule has 5 heteroatoms. The SMILES string of the molecule is CC(C)CN1C(=O)[C@H](CCCCN)C[C@H]1CCC(=O)O. The lowest BCUT2D eigenvalue weighted by atomic mass is 9.97. The van der Waals surface area contributed by atoms with Gasteiger partial charge in [-0.2, -0.15) is 0 Å². The number of carbonyl (C=O) groups is 2. The lowest BCUT2D eigenvalue weighted by molar-refractivity contribution is -0.138. The smallest absolute Gasteiger partial charge is 0.303 e. The van der Waals surface area contributed by atoms with Crippen LogP contribution in [0.15, 0.2) is 0 Å². The van der Waals surface area contributed by atoms with Gasteiger partial charge in [-0.3, -0.25) is 9.59 Å². The summed E-state index contributed by atoms with van der Waals surface area (Å²) in [5.41, 5.74) is 5.49. The number of aliphatic carboxylic acids is 1. The number of amides is 1. The third-order valence-electron chi connectivity index (χ3n) is 3.89. The van der Waals surface area contributed by atoms with Crippen molar-refractivity contribution in [2.45, 2.75) is 58.4 Å². The fourth-order valence-electron chi connectivity index (χ4n) is 2.94. The Kier molecular flexibility index (Phi) is 6.99. The first-order valence-electron chi connectivity index (χ1n) is 7.68. The molecule has 0 radical (unpaired) electrons. The maximum atomic E-state index is 12.4. The van der Waals surface area contributed by atoms with Crippen LogP contribution in [0, 0.1) is 11.8 Å². The molecule has 0 spiro atoms. The quantitative estimate of drug-likeness (QED) is 0.633. The van der Waals surface area contributed by atoms with E-state index in [1.54, 1.807) is 0 Å². The van der Waals surface area contributed by atoms with E-state index in [4.69, 9.17) is 10.8 Å². The Balaban J connectivity index is 2.60. The van der Waals surface area contributed by atoms with Crippen LogP contribution in [0.5, 0.6) is 0 Å². The number of hydrogen-bond donors (Lipinski definition) is 2. The molecule has 0 unspecified atom stereocenters. The lowest BCUT2D eigenvalue weighted by Crippen LogP contribution is -2.37. The molecular weight excluding hydrogens is 256 g/mol. The fraction of sp³-hybridized carbons (Fsp3) is 0.867. The second-order valence-corrected chi connectivity index (χ2v) is 6.19. The number of carboxylic acid groups (broad SMARTS) is 1. The Labute approximate surface area is 121 Å².